The molecule has 8 nitrogen and oxygen atoms in total. The number of nitro benzene ring substituents is 1. The topological polar surface area (TPSA) is 98.3 Å². The Morgan fingerprint density at radius 1 is 1.36 bits per heavy atom. The van der Waals surface area contributed by atoms with Crippen LogP contribution in [0.1, 0.15) is 42.4 Å². The number of benzene rings is 1. The second kappa shape index (κ2) is 7.69. The minimum Gasteiger partial charge on any atom is -0.334 e. The first-order valence-electron chi connectivity index (χ1n) is 7.94. The third kappa shape index (κ3) is 4.09. The Hall–Kier alpha value is -3.03. The molecule has 1 aromatic heterocycles. The predicted octanol–water partition coefficient (Wildman–Crippen LogP) is 2.39. The summed E-state index contributed by atoms with van der Waals surface area (Å²) in [5, 5.41) is 15.0. The van der Waals surface area contributed by atoms with Crippen LogP contribution in [0.4, 0.5) is 5.69 Å². The van der Waals surface area contributed by atoms with Gasteiger partial charge in [-0.2, -0.15) is 5.10 Å². The fourth-order valence-corrected chi connectivity index (χ4v) is 2.41. The number of hydrogen-bond acceptors (Lipinski definition) is 5. The van der Waals surface area contributed by atoms with Crippen LogP contribution in [0.25, 0.3) is 0 Å². The molecule has 132 valence electrons. The van der Waals surface area contributed by atoms with Gasteiger partial charge in [-0.25, -0.2) is 4.68 Å². The van der Waals surface area contributed by atoms with Gasteiger partial charge in [-0.1, -0.05) is 19.1 Å². The highest BCUT2D eigenvalue weighted by molar-refractivity contribution is 5.92. The van der Waals surface area contributed by atoms with Crippen molar-refractivity contribution in [3.63, 3.8) is 0 Å². The molecule has 0 aliphatic heterocycles. The molecule has 2 aromatic rings. The molecule has 0 aliphatic carbocycles. The maximum absolute atomic E-state index is 12.7. The Morgan fingerprint density at radius 2 is 2.08 bits per heavy atom. The molecule has 0 aliphatic rings. The van der Waals surface area contributed by atoms with Gasteiger partial charge in [0.2, 0.25) is 0 Å². The van der Waals surface area contributed by atoms with Crippen LogP contribution in [0, 0.1) is 10.1 Å². The smallest absolute Gasteiger partial charge is 0.274 e. The number of hydrogen-bond donors (Lipinski definition) is 0. The molecule has 0 bridgehead atoms. The van der Waals surface area contributed by atoms with Gasteiger partial charge in [-0.05, 0) is 25.0 Å². The average Bonchev–Trinajstić information content (AvgIpc) is 2.62. The summed E-state index contributed by atoms with van der Waals surface area (Å²) in [6.45, 7) is 4.13. The van der Waals surface area contributed by atoms with Gasteiger partial charge in [0.15, 0.2) is 0 Å². The Bertz CT molecular complexity index is 847. The summed E-state index contributed by atoms with van der Waals surface area (Å²) in [6.07, 6.45) is 0.727. The number of rotatable bonds is 6. The number of aryl methyl sites for hydroxylation is 1. The van der Waals surface area contributed by atoms with Crippen LogP contribution >= 0.6 is 0 Å². The number of aromatic nitrogens is 2. The second-order valence-corrected chi connectivity index (χ2v) is 5.72. The standard InChI is InChI=1S/C17H20N4O4/c1-4-10-20-16(22)9-8-15(18-20)17(23)19(3)12(2)13-6-5-7-14(11-13)21(24)25/h5-9,11-12H,4,10H2,1-3H3/t12-/m0/s1. The van der Waals surface area contributed by atoms with Crippen molar-refractivity contribution in [3.05, 3.63) is 68.1 Å². The van der Waals surface area contributed by atoms with Crippen molar-refractivity contribution in [2.24, 2.45) is 0 Å². The van der Waals surface area contributed by atoms with Gasteiger partial charge in [-0.3, -0.25) is 19.7 Å². The molecule has 1 heterocycles. The summed E-state index contributed by atoms with van der Waals surface area (Å²) in [6, 6.07) is 8.49. The molecule has 0 N–H and O–H groups in total. The van der Waals surface area contributed by atoms with Gasteiger partial charge in [-0.15, -0.1) is 0 Å². The van der Waals surface area contributed by atoms with E-state index in [9.17, 15) is 19.7 Å². The van der Waals surface area contributed by atoms with Crippen LogP contribution in [0.3, 0.4) is 0 Å². The van der Waals surface area contributed by atoms with Gasteiger partial charge < -0.3 is 4.90 Å². The maximum Gasteiger partial charge on any atom is 0.274 e. The SMILES string of the molecule is CCCn1nc(C(=O)N(C)[C@@H](C)c2cccc([N+](=O)[O-])c2)ccc1=O. The van der Waals surface area contributed by atoms with Crippen molar-refractivity contribution in [2.45, 2.75) is 32.9 Å². The van der Waals surface area contributed by atoms with Crippen LogP contribution in [-0.4, -0.2) is 32.6 Å². The Morgan fingerprint density at radius 3 is 2.72 bits per heavy atom. The van der Waals surface area contributed by atoms with E-state index in [2.05, 4.69) is 5.10 Å². The number of carbonyl (C=O) groups excluding carboxylic acids is 1. The van der Waals surface area contributed by atoms with E-state index in [4.69, 9.17) is 0 Å². The minimum atomic E-state index is -0.472. The first-order chi connectivity index (χ1) is 11.8. The van der Waals surface area contributed by atoms with E-state index in [1.54, 1.807) is 26.1 Å². The van der Waals surface area contributed by atoms with E-state index < -0.39 is 4.92 Å². The molecule has 0 radical (unpaired) electrons. The molecule has 0 saturated carbocycles. The number of carbonyl (C=O) groups is 1. The fourth-order valence-electron chi connectivity index (χ4n) is 2.41. The lowest BCUT2D eigenvalue weighted by Gasteiger charge is -2.25. The fraction of sp³-hybridized carbons (Fsp3) is 0.353. The quantitative estimate of drug-likeness (QED) is 0.592. The van der Waals surface area contributed by atoms with Gasteiger partial charge in [0.25, 0.3) is 17.2 Å². The van der Waals surface area contributed by atoms with Crippen molar-refractivity contribution in [1.29, 1.82) is 0 Å². The van der Waals surface area contributed by atoms with E-state index in [1.807, 2.05) is 6.92 Å². The van der Waals surface area contributed by atoms with Crippen LogP contribution in [0.2, 0.25) is 0 Å². The highest BCUT2D eigenvalue weighted by Gasteiger charge is 2.22. The van der Waals surface area contributed by atoms with Crippen LogP contribution in [0.5, 0.6) is 0 Å². The zero-order valence-corrected chi connectivity index (χ0v) is 14.4. The van der Waals surface area contributed by atoms with Crippen molar-refractivity contribution in [1.82, 2.24) is 14.7 Å². The van der Waals surface area contributed by atoms with Gasteiger partial charge in [0, 0.05) is 31.8 Å². The number of amides is 1. The van der Waals surface area contributed by atoms with Crippen molar-refractivity contribution >= 4 is 11.6 Å². The Kier molecular flexibility index (Phi) is 5.63. The van der Waals surface area contributed by atoms with E-state index in [1.165, 1.54) is 33.8 Å². The molecule has 25 heavy (non-hydrogen) atoms. The molecule has 0 fully saturated rings. The summed E-state index contributed by atoms with van der Waals surface area (Å²) >= 11 is 0. The van der Waals surface area contributed by atoms with Crippen LogP contribution in [0.15, 0.2) is 41.2 Å². The minimum absolute atomic E-state index is 0.0279. The summed E-state index contributed by atoms with van der Waals surface area (Å²) in [7, 11) is 1.60. The molecule has 8 heteroatoms. The van der Waals surface area contributed by atoms with Gasteiger partial charge >= 0.3 is 0 Å². The van der Waals surface area contributed by atoms with Crippen molar-refractivity contribution < 1.29 is 9.72 Å². The summed E-state index contributed by atoms with van der Waals surface area (Å²) < 4.78 is 1.26. The molecule has 2 rings (SSSR count). The van der Waals surface area contributed by atoms with Crippen molar-refractivity contribution in [2.75, 3.05) is 7.05 Å². The predicted molar refractivity (Wildman–Crippen MR) is 92.4 cm³/mol. The molecular weight excluding hydrogens is 324 g/mol. The van der Waals surface area contributed by atoms with E-state index in [0.29, 0.717) is 12.1 Å². The van der Waals surface area contributed by atoms with Gasteiger partial charge in [0.1, 0.15) is 5.69 Å². The number of nitrogens with zero attached hydrogens (tertiary/aromatic N) is 4. The van der Waals surface area contributed by atoms with Crippen LogP contribution < -0.4 is 5.56 Å². The Labute approximate surface area is 144 Å². The number of non-ortho nitro benzene ring substituents is 1. The first kappa shape index (κ1) is 18.3. The summed E-state index contributed by atoms with van der Waals surface area (Å²) in [5.74, 6) is -0.358. The molecule has 0 spiro atoms. The normalized spacial score (nSPS) is 11.8. The number of nitro groups is 1. The molecule has 0 saturated heterocycles. The first-order valence-corrected chi connectivity index (χ1v) is 7.94. The van der Waals surface area contributed by atoms with Crippen LogP contribution in [-0.2, 0) is 6.54 Å². The third-order valence-electron chi connectivity index (χ3n) is 3.99. The van der Waals surface area contributed by atoms with Crippen molar-refractivity contribution in [3.8, 4) is 0 Å². The van der Waals surface area contributed by atoms with E-state index >= 15 is 0 Å². The zero-order valence-electron chi connectivity index (χ0n) is 14.4. The molecule has 1 amide bonds. The summed E-state index contributed by atoms with van der Waals surface area (Å²) in [4.78, 5) is 36.3. The largest absolute Gasteiger partial charge is 0.334 e. The zero-order chi connectivity index (χ0) is 18.6. The lowest BCUT2D eigenvalue weighted by molar-refractivity contribution is -0.384. The molecular formula is C17H20N4O4. The Balaban J connectivity index is 2.27. The highest BCUT2D eigenvalue weighted by atomic mass is 16.6. The highest BCUT2D eigenvalue weighted by Crippen LogP contribution is 2.23. The molecule has 1 aromatic carbocycles. The lowest BCUT2D eigenvalue weighted by atomic mass is 10.1. The maximum atomic E-state index is 12.7. The monoisotopic (exact) mass is 344 g/mol. The van der Waals surface area contributed by atoms with Gasteiger partial charge in [0.05, 0.1) is 11.0 Å². The summed E-state index contributed by atoms with van der Waals surface area (Å²) in [5.41, 5.74) is 0.521. The average molecular weight is 344 g/mol. The van der Waals surface area contributed by atoms with E-state index in [0.717, 1.165) is 6.42 Å². The molecule has 1 atom stereocenters. The third-order valence-corrected chi connectivity index (χ3v) is 3.99. The second-order valence-electron chi connectivity index (χ2n) is 5.72. The lowest BCUT2D eigenvalue weighted by Crippen LogP contribution is -2.33. The van der Waals surface area contributed by atoms with E-state index in [-0.39, 0.29) is 28.9 Å². The molecule has 0 unspecified atom stereocenters.